The Labute approximate surface area is 198 Å². The average Bonchev–Trinajstić information content (AvgIpc) is 3.21. The number of aliphatic imine (C=N–C) groups is 1. The summed E-state index contributed by atoms with van der Waals surface area (Å²) < 4.78 is 16.3. The fourth-order valence-corrected chi connectivity index (χ4v) is 5.31. The van der Waals surface area contributed by atoms with Crippen LogP contribution in [0.2, 0.25) is 0 Å². The number of nitrogens with zero attached hydrogens (tertiary/aromatic N) is 1. The fraction of sp³-hybridized carbons (Fsp3) is 0.308. The maximum absolute atomic E-state index is 13.4. The van der Waals surface area contributed by atoms with E-state index < -0.39 is 0 Å². The zero-order valence-corrected chi connectivity index (χ0v) is 20.2. The third-order valence-electron chi connectivity index (χ3n) is 5.79. The number of carbonyl (C=O) groups is 1. The summed E-state index contributed by atoms with van der Waals surface area (Å²) >= 11 is 1.61. The molecule has 1 heterocycles. The molecule has 0 atom stereocenters. The standard InChI is InChI=1S/C26H28N2O4S/c1-16-9-5-7-11-19(16)28-25(29)23-18-10-6-8-12-22(18)33-26(23)27-15-17-13-20(30-2)24(32-4)21(14-17)31-3/h5,7,9,11,13-15H,6,8,10,12H2,1-4H3,(H,28,29)/b27-15+. The molecule has 0 bridgehead atoms. The molecule has 172 valence electrons. The van der Waals surface area contributed by atoms with Gasteiger partial charge in [-0.2, -0.15) is 0 Å². The molecule has 4 rings (SSSR count). The lowest BCUT2D eigenvalue weighted by Gasteiger charge is -2.13. The molecule has 1 aliphatic rings. The Bertz CT molecular complexity index is 1170. The fourth-order valence-electron chi connectivity index (χ4n) is 4.08. The summed E-state index contributed by atoms with van der Waals surface area (Å²) in [7, 11) is 4.74. The predicted octanol–water partition coefficient (Wildman–Crippen LogP) is 5.96. The molecule has 0 spiro atoms. The highest BCUT2D eigenvalue weighted by molar-refractivity contribution is 7.16. The molecular formula is C26H28N2O4S. The lowest BCUT2D eigenvalue weighted by Crippen LogP contribution is -2.15. The molecule has 3 aromatic rings. The number of ether oxygens (including phenoxy) is 3. The van der Waals surface area contributed by atoms with Crippen molar-refractivity contribution in [2.75, 3.05) is 26.6 Å². The molecule has 1 N–H and O–H groups in total. The van der Waals surface area contributed by atoms with E-state index in [1.54, 1.807) is 38.9 Å². The topological polar surface area (TPSA) is 69.2 Å². The van der Waals surface area contributed by atoms with Crippen LogP contribution in [0.1, 0.15) is 44.8 Å². The van der Waals surface area contributed by atoms with Crippen LogP contribution >= 0.6 is 11.3 Å². The number of fused-ring (bicyclic) bond motifs is 1. The van der Waals surface area contributed by atoms with Crippen LogP contribution in [0, 0.1) is 6.92 Å². The number of anilines is 1. The van der Waals surface area contributed by atoms with Crippen molar-refractivity contribution in [1.29, 1.82) is 0 Å². The van der Waals surface area contributed by atoms with Crippen molar-refractivity contribution >= 4 is 34.1 Å². The van der Waals surface area contributed by atoms with Gasteiger partial charge >= 0.3 is 0 Å². The molecular weight excluding hydrogens is 436 g/mol. The maximum atomic E-state index is 13.4. The highest BCUT2D eigenvalue weighted by Gasteiger charge is 2.25. The van der Waals surface area contributed by atoms with Crippen LogP contribution in [0.25, 0.3) is 0 Å². The summed E-state index contributed by atoms with van der Waals surface area (Å²) in [6.45, 7) is 1.99. The van der Waals surface area contributed by atoms with Gasteiger partial charge in [0, 0.05) is 22.3 Å². The third kappa shape index (κ3) is 4.73. The van der Waals surface area contributed by atoms with Gasteiger partial charge < -0.3 is 19.5 Å². The van der Waals surface area contributed by atoms with Gasteiger partial charge in [0.05, 0.1) is 26.9 Å². The molecule has 2 aromatic carbocycles. The predicted molar refractivity (Wildman–Crippen MR) is 133 cm³/mol. The number of aryl methyl sites for hydroxylation is 2. The van der Waals surface area contributed by atoms with Crippen LogP contribution in [0.5, 0.6) is 17.2 Å². The minimum atomic E-state index is -0.110. The van der Waals surface area contributed by atoms with Gasteiger partial charge in [0.15, 0.2) is 11.5 Å². The van der Waals surface area contributed by atoms with Crippen molar-refractivity contribution in [3.8, 4) is 17.2 Å². The van der Waals surface area contributed by atoms with Gasteiger partial charge in [-0.25, -0.2) is 4.99 Å². The van der Waals surface area contributed by atoms with E-state index in [9.17, 15) is 4.79 Å². The lowest BCUT2D eigenvalue weighted by atomic mass is 9.95. The Morgan fingerprint density at radius 2 is 1.73 bits per heavy atom. The van der Waals surface area contributed by atoms with Gasteiger partial charge in [-0.15, -0.1) is 11.3 Å². The van der Waals surface area contributed by atoms with Crippen LogP contribution in [-0.2, 0) is 12.8 Å². The number of amides is 1. The highest BCUT2D eigenvalue weighted by Crippen LogP contribution is 2.41. The molecule has 1 aliphatic carbocycles. The van der Waals surface area contributed by atoms with Crippen LogP contribution in [0.4, 0.5) is 10.7 Å². The zero-order valence-electron chi connectivity index (χ0n) is 19.4. The molecule has 0 aliphatic heterocycles. The molecule has 1 aromatic heterocycles. The molecule has 0 radical (unpaired) electrons. The lowest BCUT2D eigenvalue weighted by molar-refractivity contribution is 0.102. The molecule has 0 unspecified atom stereocenters. The summed E-state index contributed by atoms with van der Waals surface area (Å²) in [6, 6.07) is 11.5. The van der Waals surface area contributed by atoms with Crippen molar-refractivity contribution in [3.05, 3.63) is 63.5 Å². The van der Waals surface area contributed by atoms with E-state index in [1.165, 1.54) is 4.88 Å². The zero-order chi connectivity index (χ0) is 23.4. The van der Waals surface area contributed by atoms with Gasteiger partial charge in [-0.05, 0) is 61.9 Å². The van der Waals surface area contributed by atoms with Crippen molar-refractivity contribution in [2.24, 2.45) is 4.99 Å². The first-order valence-electron chi connectivity index (χ1n) is 10.9. The third-order valence-corrected chi connectivity index (χ3v) is 6.99. The summed E-state index contributed by atoms with van der Waals surface area (Å²) in [5, 5.41) is 3.81. The summed E-state index contributed by atoms with van der Waals surface area (Å²) in [5.74, 6) is 1.53. The van der Waals surface area contributed by atoms with Gasteiger partial charge in [0.1, 0.15) is 5.00 Å². The van der Waals surface area contributed by atoms with E-state index in [4.69, 9.17) is 19.2 Å². The average molecular weight is 465 g/mol. The Hall–Kier alpha value is -3.32. The van der Waals surface area contributed by atoms with Crippen molar-refractivity contribution in [2.45, 2.75) is 32.6 Å². The number of thiophene rings is 1. The van der Waals surface area contributed by atoms with E-state index in [0.29, 0.717) is 22.8 Å². The largest absolute Gasteiger partial charge is 0.493 e. The minimum absolute atomic E-state index is 0.110. The van der Waals surface area contributed by atoms with Gasteiger partial charge in [-0.3, -0.25) is 4.79 Å². The number of methoxy groups -OCH3 is 3. The number of carbonyl (C=O) groups excluding carboxylic acids is 1. The monoisotopic (exact) mass is 464 g/mol. The van der Waals surface area contributed by atoms with Crippen LogP contribution in [0.15, 0.2) is 41.4 Å². The van der Waals surface area contributed by atoms with E-state index in [2.05, 4.69) is 5.32 Å². The normalized spacial score (nSPS) is 13.0. The van der Waals surface area contributed by atoms with Gasteiger partial charge in [0.2, 0.25) is 5.75 Å². The van der Waals surface area contributed by atoms with Crippen molar-refractivity contribution in [3.63, 3.8) is 0 Å². The maximum Gasteiger partial charge on any atom is 0.259 e. The highest BCUT2D eigenvalue weighted by atomic mass is 32.1. The van der Waals surface area contributed by atoms with E-state index >= 15 is 0 Å². The van der Waals surface area contributed by atoms with Crippen LogP contribution < -0.4 is 19.5 Å². The minimum Gasteiger partial charge on any atom is -0.493 e. The van der Waals surface area contributed by atoms with E-state index in [1.807, 2.05) is 43.3 Å². The molecule has 6 nitrogen and oxygen atoms in total. The first-order chi connectivity index (χ1) is 16.0. The number of hydrogen-bond donors (Lipinski definition) is 1. The molecule has 33 heavy (non-hydrogen) atoms. The van der Waals surface area contributed by atoms with Crippen LogP contribution in [-0.4, -0.2) is 33.5 Å². The summed E-state index contributed by atoms with van der Waals surface area (Å²) in [4.78, 5) is 19.4. The number of rotatable bonds is 7. The van der Waals surface area contributed by atoms with Crippen molar-refractivity contribution in [1.82, 2.24) is 0 Å². The summed E-state index contributed by atoms with van der Waals surface area (Å²) in [6.07, 6.45) is 5.87. The molecule has 1 amide bonds. The Morgan fingerprint density at radius 1 is 1.03 bits per heavy atom. The van der Waals surface area contributed by atoms with E-state index in [-0.39, 0.29) is 5.91 Å². The van der Waals surface area contributed by atoms with Gasteiger partial charge in [0.25, 0.3) is 5.91 Å². The first-order valence-corrected chi connectivity index (χ1v) is 11.7. The molecule has 0 fully saturated rings. The second kappa shape index (κ2) is 10.1. The molecule has 7 heteroatoms. The first kappa shape index (κ1) is 22.9. The quantitative estimate of drug-likeness (QED) is 0.438. The van der Waals surface area contributed by atoms with Crippen LogP contribution in [0.3, 0.4) is 0 Å². The number of benzene rings is 2. The smallest absolute Gasteiger partial charge is 0.259 e. The number of hydrogen-bond acceptors (Lipinski definition) is 6. The SMILES string of the molecule is COc1cc(/C=N/c2sc3c(c2C(=O)Nc2ccccc2C)CCCC3)cc(OC)c1OC. The Kier molecular flexibility index (Phi) is 6.99. The number of para-hydroxylation sites is 1. The Balaban J connectivity index is 1.71. The summed E-state index contributed by atoms with van der Waals surface area (Å²) in [5.41, 5.74) is 4.45. The Morgan fingerprint density at radius 3 is 2.39 bits per heavy atom. The molecule has 0 saturated heterocycles. The second-order valence-electron chi connectivity index (χ2n) is 7.88. The second-order valence-corrected chi connectivity index (χ2v) is 8.96. The number of nitrogens with one attached hydrogen (secondary N) is 1. The van der Waals surface area contributed by atoms with Gasteiger partial charge in [-0.1, -0.05) is 18.2 Å². The molecule has 0 saturated carbocycles. The van der Waals surface area contributed by atoms with Crippen molar-refractivity contribution < 1.29 is 19.0 Å². The van der Waals surface area contributed by atoms with E-state index in [0.717, 1.165) is 53.1 Å².